The molecule has 8 rings (SSSR count). The van der Waals surface area contributed by atoms with Gasteiger partial charge in [0, 0.05) is 44.2 Å². The van der Waals surface area contributed by atoms with Crippen LogP contribution in [0.3, 0.4) is 0 Å². The summed E-state index contributed by atoms with van der Waals surface area (Å²) in [5.74, 6) is -1.68. The van der Waals surface area contributed by atoms with Crippen molar-refractivity contribution >= 4 is 39.5 Å². The van der Waals surface area contributed by atoms with E-state index < -0.39 is 53.5 Å². The fourth-order valence-corrected chi connectivity index (χ4v) is 9.48. The lowest BCUT2D eigenvalue weighted by molar-refractivity contribution is -0.188. The van der Waals surface area contributed by atoms with E-state index in [1.165, 1.54) is 23.1 Å². The Labute approximate surface area is 342 Å². The summed E-state index contributed by atoms with van der Waals surface area (Å²) in [4.78, 5) is 45.0. The zero-order valence-corrected chi connectivity index (χ0v) is 33.5. The van der Waals surface area contributed by atoms with Crippen molar-refractivity contribution in [1.82, 2.24) is 29.7 Å². The topological polar surface area (TPSA) is 134 Å². The molecule has 4 atom stereocenters. The van der Waals surface area contributed by atoms with Gasteiger partial charge in [-0.15, -0.1) is 6.42 Å². The summed E-state index contributed by atoms with van der Waals surface area (Å²) in [6.45, 7) is 4.31. The molecule has 3 unspecified atom stereocenters. The van der Waals surface area contributed by atoms with Crippen LogP contribution in [0.1, 0.15) is 57.9 Å². The maximum absolute atomic E-state index is 17.5. The predicted octanol–water partition coefficient (Wildman–Crippen LogP) is 6.41. The summed E-state index contributed by atoms with van der Waals surface area (Å²) >= 11 is 0. The van der Waals surface area contributed by atoms with Gasteiger partial charge in [-0.25, -0.2) is 18.6 Å². The highest BCUT2D eigenvalue weighted by Crippen LogP contribution is 2.46. The van der Waals surface area contributed by atoms with Crippen molar-refractivity contribution < 1.29 is 50.9 Å². The summed E-state index contributed by atoms with van der Waals surface area (Å²) in [6.07, 6.45) is 3.37. The molecule has 2 aromatic heterocycles. The summed E-state index contributed by atoms with van der Waals surface area (Å²) < 4.78 is 92.1. The Kier molecular flexibility index (Phi) is 10.5. The number of phenolic OH excluding ortho intramolecular Hbond substituents is 1. The summed E-state index contributed by atoms with van der Waals surface area (Å²) in [7, 11) is 3.21. The number of ether oxygens (including phenoxy) is 3. The number of alkyl halides is 3. The van der Waals surface area contributed by atoms with E-state index in [2.05, 4.69) is 20.8 Å². The summed E-state index contributed by atoms with van der Waals surface area (Å²) in [6, 6.07) is 3.18. The SMILES string of the molecule is C#Cc1c(F)ccc2cc(O)cc(-c3nc(OC(C)C)c4c(N5CC6CCC(C5)N6C(=O)C(F)(F)F)nc(OCC56CCCN5[C@@H](COC(=O)N(C)C)CC6)nc4c3F)c12. The van der Waals surface area contributed by atoms with Crippen LogP contribution in [0.5, 0.6) is 17.6 Å². The standard InChI is InChI=1S/C42H44F5N7O6/c1-6-28-30(43)11-8-23-16-27(55)17-29(31(23)28)34-33(44)35-32(37(48-34)60-22(2)3)36(52-18-24-9-10-25(19-52)54(24)38(56)42(45,46)47)50-39(49-35)59-21-41-13-7-15-53(41)26(12-14-41)20-58-40(57)51(4)5/h1,8,11,16-17,22,24-26,55H,7,9-10,12-15,18-21H2,2-5H3/t24?,25?,26-,41?/m1/s1. The largest absolute Gasteiger partial charge is 0.508 e. The fourth-order valence-electron chi connectivity index (χ4n) is 9.48. The number of hydrogen-bond donors (Lipinski definition) is 1. The van der Waals surface area contributed by atoms with Crippen LogP contribution in [0, 0.1) is 24.0 Å². The van der Waals surface area contributed by atoms with Crippen molar-refractivity contribution in [2.75, 3.05) is 51.8 Å². The van der Waals surface area contributed by atoms with Crippen molar-refractivity contribution in [2.45, 2.75) is 88.3 Å². The number of halogens is 5. The van der Waals surface area contributed by atoms with Crippen molar-refractivity contribution in [3.8, 4) is 41.2 Å². The molecule has 4 aliphatic rings. The van der Waals surface area contributed by atoms with Gasteiger partial charge in [-0.3, -0.25) is 9.69 Å². The van der Waals surface area contributed by atoms with Gasteiger partial charge >= 0.3 is 24.2 Å². The van der Waals surface area contributed by atoms with E-state index in [1.807, 2.05) is 0 Å². The van der Waals surface area contributed by atoms with E-state index in [4.69, 9.17) is 25.6 Å². The number of anilines is 1. The van der Waals surface area contributed by atoms with E-state index >= 15 is 8.78 Å². The highest BCUT2D eigenvalue weighted by Gasteiger charge is 2.53. The molecule has 0 radical (unpaired) electrons. The minimum Gasteiger partial charge on any atom is -0.508 e. The van der Waals surface area contributed by atoms with Crippen LogP contribution in [0.2, 0.25) is 0 Å². The van der Waals surface area contributed by atoms with Gasteiger partial charge in [-0.05, 0) is 82.5 Å². The lowest BCUT2D eigenvalue weighted by Gasteiger charge is -2.42. The normalized spacial score (nSPS) is 22.7. The third kappa shape index (κ3) is 7.20. The lowest BCUT2D eigenvalue weighted by Crippen LogP contribution is -2.59. The Morgan fingerprint density at radius 3 is 2.45 bits per heavy atom. The number of carbonyl (C=O) groups excluding carboxylic acids is 2. The number of amides is 2. The number of aromatic nitrogens is 3. The van der Waals surface area contributed by atoms with Crippen molar-refractivity contribution in [3.63, 3.8) is 0 Å². The molecule has 2 aromatic carbocycles. The minimum absolute atomic E-state index is 0.00408. The molecule has 1 N–H and O–H groups in total. The summed E-state index contributed by atoms with van der Waals surface area (Å²) in [5.41, 5.74) is -1.38. The second-order valence-corrected chi connectivity index (χ2v) is 16.4. The van der Waals surface area contributed by atoms with E-state index in [0.717, 1.165) is 36.8 Å². The van der Waals surface area contributed by atoms with Gasteiger partial charge < -0.3 is 34.0 Å². The molecule has 0 spiro atoms. The van der Waals surface area contributed by atoms with Gasteiger partial charge in [0.05, 0.1) is 29.3 Å². The number of phenols is 1. The number of fused-ring (bicyclic) bond motifs is 5. The number of nitrogens with zero attached hydrogens (tertiary/aromatic N) is 7. The molecule has 60 heavy (non-hydrogen) atoms. The Morgan fingerprint density at radius 1 is 1.05 bits per heavy atom. The number of rotatable bonds is 9. The van der Waals surface area contributed by atoms with Crippen LogP contribution < -0.4 is 14.4 Å². The predicted molar refractivity (Wildman–Crippen MR) is 210 cm³/mol. The van der Waals surface area contributed by atoms with E-state index in [1.54, 1.807) is 32.8 Å². The van der Waals surface area contributed by atoms with Gasteiger partial charge in [0.1, 0.15) is 47.2 Å². The van der Waals surface area contributed by atoms with Crippen molar-refractivity contribution in [3.05, 3.63) is 41.5 Å². The van der Waals surface area contributed by atoms with E-state index in [0.29, 0.717) is 24.6 Å². The van der Waals surface area contributed by atoms with E-state index in [-0.39, 0.29) is 88.9 Å². The Balaban J connectivity index is 1.26. The van der Waals surface area contributed by atoms with Crippen LogP contribution in [-0.2, 0) is 9.53 Å². The molecular formula is C42H44F5N7O6. The van der Waals surface area contributed by atoms with Gasteiger partial charge in [-0.1, -0.05) is 12.0 Å². The second-order valence-electron chi connectivity index (χ2n) is 16.4. The molecule has 0 saturated carbocycles. The second kappa shape index (κ2) is 15.4. The first-order chi connectivity index (χ1) is 28.5. The quantitative estimate of drug-likeness (QED) is 0.148. The Bertz CT molecular complexity index is 2410. The molecule has 4 aliphatic heterocycles. The number of carbonyl (C=O) groups is 2. The first-order valence-electron chi connectivity index (χ1n) is 19.9. The Hall–Kier alpha value is -5.70. The zero-order valence-electron chi connectivity index (χ0n) is 33.5. The number of piperazine rings is 1. The van der Waals surface area contributed by atoms with Crippen LogP contribution in [0.15, 0.2) is 24.3 Å². The van der Waals surface area contributed by atoms with Gasteiger partial charge in [0.15, 0.2) is 5.82 Å². The zero-order chi connectivity index (χ0) is 42.8. The molecule has 4 fully saturated rings. The lowest BCUT2D eigenvalue weighted by atomic mass is 9.95. The monoisotopic (exact) mass is 837 g/mol. The molecule has 6 heterocycles. The number of hydrogen-bond acceptors (Lipinski definition) is 11. The van der Waals surface area contributed by atoms with Crippen molar-refractivity contribution in [1.29, 1.82) is 0 Å². The molecule has 2 amide bonds. The third-order valence-corrected chi connectivity index (χ3v) is 12.0. The highest BCUT2D eigenvalue weighted by atomic mass is 19.4. The third-order valence-electron chi connectivity index (χ3n) is 12.0. The first-order valence-corrected chi connectivity index (χ1v) is 19.9. The van der Waals surface area contributed by atoms with Crippen LogP contribution in [0.25, 0.3) is 32.9 Å². The molecular weight excluding hydrogens is 793 g/mol. The smallest absolute Gasteiger partial charge is 0.471 e. The fraction of sp³-hybridized carbons (Fsp3) is 0.500. The highest BCUT2D eigenvalue weighted by molar-refractivity contribution is 6.04. The van der Waals surface area contributed by atoms with E-state index in [9.17, 15) is 27.9 Å². The number of aromatic hydroxyl groups is 1. The van der Waals surface area contributed by atoms with Crippen LogP contribution >= 0.6 is 0 Å². The maximum Gasteiger partial charge on any atom is 0.471 e. The molecule has 4 saturated heterocycles. The van der Waals surface area contributed by atoms with Crippen molar-refractivity contribution in [2.24, 2.45) is 0 Å². The van der Waals surface area contributed by atoms with Gasteiger partial charge in [0.25, 0.3) is 0 Å². The minimum atomic E-state index is -5.06. The summed E-state index contributed by atoms with van der Waals surface area (Å²) in [5, 5.41) is 11.2. The average Bonchev–Trinajstić information content (AvgIpc) is 3.84. The molecule has 2 bridgehead atoms. The molecule has 318 valence electrons. The van der Waals surface area contributed by atoms with Gasteiger partial charge in [-0.2, -0.15) is 23.1 Å². The number of benzene rings is 2. The molecule has 0 aliphatic carbocycles. The Morgan fingerprint density at radius 2 is 1.78 bits per heavy atom. The first kappa shape index (κ1) is 41.1. The van der Waals surface area contributed by atoms with Gasteiger partial charge in [0.2, 0.25) is 5.88 Å². The number of terminal acetylenes is 1. The molecule has 13 nitrogen and oxygen atoms in total. The molecule has 4 aromatic rings. The number of pyridine rings is 1. The molecule has 18 heteroatoms. The van der Waals surface area contributed by atoms with Crippen LogP contribution in [-0.4, -0.2) is 130 Å². The average molecular weight is 838 g/mol. The van der Waals surface area contributed by atoms with Crippen LogP contribution in [0.4, 0.5) is 32.6 Å². The maximum atomic E-state index is 17.5.